The first-order valence-electron chi connectivity index (χ1n) is 8.99. The number of fused-ring (bicyclic) bond motifs is 1. The van der Waals surface area contributed by atoms with Gasteiger partial charge in [-0.1, -0.05) is 17.7 Å². The second kappa shape index (κ2) is 8.83. The predicted molar refractivity (Wildman–Crippen MR) is 105 cm³/mol. The molecule has 3 heterocycles. The number of amides is 1. The molecule has 32 heavy (non-hydrogen) atoms. The van der Waals surface area contributed by atoms with Crippen LogP contribution in [0.3, 0.4) is 0 Å². The van der Waals surface area contributed by atoms with Gasteiger partial charge < -0.3 is 10.1 Å². The molecule has 1 amide bonds. The van der Waals surface area contributed by atoms with E-state index in [9.17, 15) is 22.4 Å². The van der Waals surface area contributed by atoms with Gasteiger partial charge in [-0.2, -0.15) is 10.2 Å². The minimum absolute atomic E-state index is 0.0304. The molecule has 1 N–H and O–H groups in total. The van der Waals surface area contributed by atoms with E-state index in [0.29, 0.717) is 21.4 Å². The first-order valence-corrected chi connectivity index (χ1v) is 9.37. The van der Waals surface area contributed by atoms with E-state index in [0.717, 1.165) is 6.07 Å². The topological polar surface area (TPSA) is 86.3 Å². The third-order valence-corrected chi connectivity index (χ3v) is 4.44. The van der Waals surface area contributed by atoms with E-state index in [1.807, 2.05) is 0 Å². The maximum atomic E-state index is 13.3. The zero-order chi connectivity index (χ0) is 22.8. The van der Waals surface area contributed by atoms with E-state index in [1.165, 1.54) is 17.1 Å². The van der Waals surface area contributed by atoms with Crippen LogP contribution in [0.5, 0.6) is 5.75 Å². The van der Waals surface area contributed by atoms with Crippen LogP contribution < -0.4 is 10.1 Å². The van der Waals surface area contributed by atoms with Crippen molar-refractivity contribution < 1.29 is 27.1 Å². The summed E-state index contributed by atoms with van der Waals surface area (Å²) in [6.07, 6.45) is -3.33. The molecule has 1 aromatic carbocycles. The highest BCUT2D eigenvalue weighted by Gasteiger charge is 2.22. The second-order valence-electron chi connectivity index (χ2n) is 6.46. The number of hydrogen-bond donors (Lipinski definition) is 1. The van der Waals surface area contributed by atoms with Gasteiger partial charge in [-0.25, -0.2) is 31.7 Å². The number of benzene rings is 1. The highest BCUT2D eigenvalue weighted by Crippen LogP contribution is 2.25. The van der Waals surface area contributed by atoms with Crippen molar-refractivity contribution in [3.8, 4) is 5.75 Å². The molecule has 0 bridgehead atoms. The number of halogens is 5. The average Bonchev–Trinajstić information content (AvgIpc) is 3.38. The normalized spacial score (nSPS) is 11.5. The maximum Gasteiger partial charge on any atom is 0.280 e. The summed E-state index contributed by atoms with van der Waals surface area (Å²) in [5, 5.41) is 10.8. The average molecular weight is 469 g/mol. The monoisotopic (exact) mass is 468 g/mol. The van der Waals surface area contributed by atoms with E-state index < -0.39 is 30.1 Å². The van der Waals surface area contributed by atoms with Gasteiger partial charge in [0, 0.05) is 11.1 Å². The summed E-state index contributed by atoms with van der Waals surface area (Å²) in [6, 6.07) is 8.35. The highest BCUT2D eigenvalue weighted by molar-refractivity contribution is 6.30. The molecule has 4 aromatic rings. The quantitative estimate of drug-likeness (QED) is 0.396. The van der Waals surface area contributed by atoms with Gasteiger partial charge in [0.1, 0.15) is 17.1 Å². The molecule has 0 spiro atoms. The lowest BCUT2D eigenvalue weighted by Crippen LogP contribution is -2.13. The van der Waals surface area contributed by atoms with E-state index in [1.54, 1.807) is 24.3 Å². The number of anilines is 1. The van der Waals surface area contributed by atoms with E-state index >= 15 is 0 Å². The zero-order valence-electron chi connectivity index (χ0n) is 15.9. The first kappa shape index (κ1) is 21.6. The molecule has 0 saturated carbocycles. The lowest BCUT2D eigenvalue weighted by atomic mass is 10.3. The largest absolute Gasteiger partial charge is 0.471 e. The van der Waals surface area contributed by atoms with Crippen LogP contribution in [0.2, 0.25) is 5.02 Å². The van der Waals surface area contributed by atoms with Crippen LogP contribution in [-0.4, -0.2) is 30.3 Å². The smallest absolute Gasteiger partial charge is 0.280 e. The molecule has 0 radical (unpaired) electrons. The van der Waals surface area contributed by atoms with Crippen LogP contribution in [0, 0.1) is 0 Å². The second-order valence-corrected chi connectivity index (χ2v) is 6.90. The Kier molecular flexibility index (Phi) is 5.95. The Morgan fingerprint density at radius 3 is 2.69 bits per heavy atom. The molecule has 0 fully saturated rings. The van der Waals surface area contributed by atoms with Gasteiger partial charge in [-0.15, -0.1) is 0 Å². The van der Waals surface area contributed by atoms with Crippen molar-refractivity contribution in [3.05, 3.63) is 70.9 Å². The number of hydrogen-bond acceptors (Lipinski definition) is 5. The summed E-state index contributed by atoms with van der Waals surface area (Å²) in [5.74, 6) is -0.238. The third-order valence-electron chi connectivity index (χ3n) is 4.21. The summed E-state index contributed by atoms with van der Waals surface area (Å²) in [5.41, 5.74) is -1.93. The fourth-order valence-electron chi connectivity index (χ4n) is 2.79. The summed E-state index contributed by atoms with van der Waals surface area (Å²) in [6.45, 7) is 0.0304. The van der Waals surface area contributed by atoms with Crippen LogP contribution in [0.1, 0.15) is 34.7 Å². The first-order chi connectivity index (χ1) is 15.3. The molecule has 0 unspecified atom stereocenters. The Labute approximate surface area is 182 Å². The number of carbonyl (C=O) groups is 1. The lowest BCUT2D eigenvalue weighted by Gasteiger charge is -2.06. The van der Waals surface area contributed by atoms with Crippen LogP contribution >= 0.6 is 11.6 Å². The highest BCUT2D eigenvalue weighted by atomic mass is 35.5. The third kappa shape index (κ3) is 4.64. The number of ether oxygens (including phenoxy) is 1. The van der Waals surface area contributed by atoms with Crippen molar-refractivity contribution in [2.75, 3.05) is 5.32 Å². The van der Waals surface area contributed by atoms with Crippen molar-refractivity contribution >= 4 is 28.8 Å². The molecule has 0 aliphatic rings. The molecule has 0 saturated heterocycles. The van der Waals surface area contributed by atoms with Gasteiger partial charge in [-0.3, -0.25) is 4.79 Å². The molecule has 8 nitrogen and oxygen atoms in total. The minimum atomic E-state index is -3.09. The number of rotatable bonds is 7. The fourth-order valence-corrected chi connectivity index (χ4v) is 2.97. The molecule has 3 aromatic heterocycles. The van der Waals surface area contributed by atoms with Gasteiger partial charge in [-0.05, 0) is 24.3 Å². The standard InChI is InChI=1S/C19H13ClF4N6O2/c20-10-2-1-3-12(4-10)32-9-29-8-11(7-25-29)26-19(31)14-6-16-27-13(17(21)22)5-15(18(23)24)30(16)28-14/h1-8,17-18H,9H2,(H,26,31). The molecule has 13 heteroatoms. The van der Waals surface area contributed by atoms with Crippen LogP contribution in [-0.2, 0) is 6.73 Å². The fraction of sp³-hybridized carbons (Fsp3) is 0.158. The summed E-state index contributed by atoms with van der Waals surface area (Å²) in [7, 11) is 0. The number of carbonyl (C=O) groups excluding carboxylic acids is 1. The molecular formula is C19H13ClF4N6O2. The summed E-state index contributed by atoms with van der Waals surface area (Å²) >= 11 is 5.89. The van der Waals surface area contributed by atoms with Crippen molar-refractivity contribution in [1.82, 2.24) is 24.4 Å². The Morgan fingerprint density at radius 1 is 1.16 bits per heavy atom. The SMILES string of the molecule is O=C(Nc1cnn(COc2cccc(Cl)c2)c1)c1cc2nc(C(F)F)cc(C(F)F)n2n1. The van der Waals surface area contributed by atoms with E-state index in [4.69, 9.17) is 16.3 Å². The van der Waals surface area contributed by atoms with E-state index in [-0.39, 0.29) is 23.8 Å². The van der Waals surface area contributed by atoms with E-state index in [2.05, 4.69) is 20.5 Å². The summed E-state index contributed by atoms with van der Waals surface area (Å²) < 4.78 is 60.0. The minimum Gasteiger partial charge on any atom is -0.471 e. The molecular weight excluding hydrogens is 456 g/mol. The van der Waals surface area contributed by atoms with Gasteiger partial charge in [0.15, 0.2) is 18.1 Å². The number of nitrogens with one attached hydrogen (secondary N) is 1. The predicted octanol–water partition coefficient (Wildman–Crippen LogP) is 4.74. The van der Waals surface area contributed by atoms with Crippen molar-refractivity contribution in [1.29, 1.82) is 0 Å². The zero-order valence-corrected chi connectivity index (χ0v) is 16.7. The molecule has 166 valence electrons. The Balaban J connectivity index is 1.48. The van der Waals surface area contributed by atoms with Gasteiger partial charge in [0.2, 0.25) is 0 Å². The molecule has 0 atom stereocenters. The van der Waals surface area contributed by atoms with Gasteiger partial charge >= 0.3 is 0 Å². The van der Waals surface area contributed by atoms with Crippen molar-refractivity contribution in [3.63, 3.8) is 0 Å². The Bertz CT molecular complexity index is 1280. The molecule has 0 aliphatic heterocycles. The Hall–Kier alpha value is -3.67. The lowest BCUT2D eigenvalue weighted by molar-refractivity contribution is 0.102. The molecule has 4 rings (SSSR count). The Morgan fingerprint density at radius 2 is 1.97 bits per heavy atom. The van der Waals surface area contributed by atoms with Crippen molar-refractivity contribution in [2.45, 2.75) is 19.6 Å². The number of alkyl halides is 4. The van der Waals surface area contributed by atoms with Crippen LogP contribution in [0.4, 0.5) is 23.2 Å². The number of nitrogens with zero attached hydrogens (tertiary/aromatic N) is 5. The van der Waals surface area contributed by atoms with Gasteiger partial charge in [0.25, 0.3) is 18.8 Å². The van der Waals surface area contributed by atoms with Crippen LogP contribution in [0.25, 0.3) is 5.65 Å². The van der Waals surface area contributed by atoms with Gasteiger partial charge in [0.05, 0.1) is 18.1 Å². The van der Waals surface area contributed by atoms with Crippen molar-refractivity contribution in [2.24, 2.45) is 0 Å². The molecule has 0 aliphatic carbocycles. The van der Waals surface area contributed by atoms with Crippen LogP contribution in [0.15, 0.2) is 48.8 Å². The number of aromatic nitrogens is 5. The maximum absolute atomic E-state index is 13.3. The summed E-state index contributed by atoms with van der Waals surface area (Å²) in [4.78, 5) is 16.1.